The van der Waals surface area contributed by atoms with E-state index in [1.807, 2.05) is 7.05 Å². The number of aryl methyl sites for hydroxylation is 1. The van der Waals surface area contributed by atoms with E-state index in [9.17, 15) is 0 Å². The second kappa shape index (κ2) is 3.49. The zero-order valence-electron chi connectivity index (χ0n) is 7.21. The maximum absolute atomic E-state index is 4.13. The average molecular weight is 183 g/mol. The lowest BCUT2D eigenvalue weighted by atomic mass is 9.92. The summed E-state index contributed by atoms with van der Waals surface area (Å²) in [5, 5.41) is 7.35. The van der Waals surface area contributed by atoms with E-state index in [-0.39, 0.29) is 0 Å². The molecule has 0 spiro atoms. The summed E-state index contributed by atoms with van der Waals surface area (Å²) >= 11 is 1.57. The van der Waals surface area contributed by atoms with Gasteiger partial charge in [-0.1, -0.05) is 4.49 Å². The van der Waals surface area contributed by atoms with E-state index in [2.05, 4.69) is 14.9 Å². The van der Waals surface area contributed by atoms with Crippen molar-refractivity contribution in [2.24, 2.45) is 0 Å². The summed E-state index contributed by atoms with van der Waals surface area (Å²) in [4.78, 5) is 1.41. The van der Waals surface area contributed by atoms with Crippen molar-refractivity contribution in [3.8, 4) is 0 Å². The summed E-state index contributed by atoms with van der Waals surface area (Å²) < 4.78 is 4.00. The van der Waals surface area contributed by atoms with Crippen molar-refractivity contribution in [2.75, 3.05) is 13.6 Å². The highest BCUT2D eigenvalue weighted by atomic mass is 32.1. The van der Waals surface area contributed by atoms with Gasteiger partial charge in [-0.15, -0.1) is 5.10 Å². The lowest BCUT2D eigenvalue weighted by Gasteiger charge is -2.19. The molecule has 0 saturated heterocycles. The van der Waals surface area contributed by atoms with Gasteiger partial charge >= 0.3 is 0 Å². The molecule has 66 valence electrons. The van der Waals surface area contributed by atoms with E-state index in [0.717, 1.165) is 13.0 Å². The zero-order chi connectivity index (χ0) is 8.39. The number of nitrogens with zero attached hydrogens (tertiary/aromatic N) is 2. The van der Waals surface area contributed by atoms with Crippen LogP contribution in [0.3, 0.4) is 0 Å². The van der Waals surface area contributed by atoms with Gasteiger partial charge in [-0.2, -0.15) is 0 Å². The van der Waals surface area contributed by atoms with Crippen LogP contribution in [-0.4, -0.2) is 23.2 Å². The minimum Gasteiger partial charge on any atom is -0.319 e. The van der Waals surface area contributed by atoms with E-state index < -0.39 is 0 Å². The van der Waals surface area contributed by atoms with Crippen molar-refractivity contribution in [1.29, 1.82) is 0 Å². The maximum atomic E-state index is 4.13. The van der Waals surface area contributed by atoms with Crippen molar-refractivity contribution >= 4 is 11.5 Å². The van der Waals surface area contributed by atoms with Crippen LogP contribution in [0.4, 0.5) is 0 Å². The first-order valence-corrected chi connectivity index (χ1v) is 5.15. The van der Waals surface area contributed by atoms with E-state index in [1.165, 1.54) is 23.4 Å². The fraction of sp³-hybridized carbons (Fsp3) is 0.750. The van der Waals surface area contributed by atoms with Crippen LogP contribution in [0.15, 0.2) is 0 Å². The number of nitrogens with one attached hydrogen (secondary N) is 1. The number of hydrogen-bond acceptors (Lipinski definition) is 4. The topological polar surface area (TPSA) is 37.8 Å². The van der Waals surface area contributed by atoms with Crippen LogP contribution in [0.25, 0.3) is 0 Å². The van der Waals surface area contributed by atoms with Gasteiger partial charge in [-0.25, -0.2) is 0 Å². The molecule has 0 aromatic carbocycles. The third-order valence-corrected chi connectivity index (χ3v) is 3.30. The second-order valence-corrected chi connectivity index (χ2v) is 4.02. The Labute approximate surface area is 76.4 Å². The van der Waals surface area contributed by atoms with Gasteiger partial charge in [0.15, 0.2) is 0 Å². The standard InChI is InChI=1S/C8H13N3S/c1-9-5-6-3-2-4-7-8(6)12-11-10-7/h6,9H,2-5H2,1H3. The summed E-state index contributed by atoms with van der Waals surface area (Å²) in [7, 11) is 2.00. The summed E-state index contributed by atoms with van der Waals surface area (Å²) in [6.45, 7) is 1.07. The van der Waals surface area contributed by atoms with Gasteiger partial charge in [0.25, 0.3) is 0 Å². The third kappa shape index (κ3) is 1.36. The molecule has 1 aliphatic rings. The molecule has 1 aromatic rings. The predicted octanol–water partition coefficient (Wildman–Crippen LogP) is 1.18. The lowest BCUT2D eigenvalue weighted by molar-refractivity contribution is 0.531. The molecule has 0 amide bonds. The van der Waals surface area contributed by atoms with Crippen LogP contribution in [0, 0.1) is 0 Å². The normalized spacial score (nSPS) is 22.2. The highest BCUT2D eigenvalue weighted by Crippen LogP contribution is 2.31. The van der Waals surface area contributed by atoms with Crippen LogP contribution in [0.5, 0.6) is 0 Å². The Balaban J connectivity index is 2.19. The fourth-order valence-electron chi connectivity index (χ4n) is 1.79. The molecule has 1 heterocycles. The Hall–Kier alpha value is -0.480. The predicted molar refractivity (Wildman–Crippen MR) is 49.5 cm³/mol. The van der Waals surface area contributed by atoms with Crippen molar-refractivity contribution in [3.05, 3.63) is 10.6 Å². The molecule has 3 nitrogen and oxygen atoms in total. The van der Waals surface area contributed by atoms with Gasteiger partial charge in [0.2, 0.25) is 0 Å². The Morgan fingerprint density at radius 1 is 1.67 bits per heavy atom. The summed E-state index contributed by atoms with van der Waals surface area (Å²) in [5.74, 6) is 0.666. The lowest BCUT2D eigenvalue weighted by Crippen LogP contribution is -2.20. The number of hydrogen-bond donors (Lipinski definition) is 1. The molecule has 1 unspecified atom stereocenters. The first-order chi connectivity index (χ1) is 5.92. The van der Waals surface area contributed by atoms with Crippen molar-refractivity contribution in [1.82, 2.24) is 14.9 Å². The SMILES string of the molecule is CNCC1CCCc2nnsc21. The van der Waals surface area contributed by atoms with Gasteiger partial charge in [-0.3, -0.25) is 0 Å². The second-order valence-electron chi connectivity index (χ2n) is 3.23. The third-order valence-electron chi connectivity index (χ3n) is 2.37. The molecule has 4 heteroatoms. The van der Waals surface area contributed by atoms with E-state index in [0.29, 0.717) is 5.92 Å². The average Bonchev–Trinajstić information content (AvgIpc) is 2.53. The Kier molecular flexibility index (Phi) is 2.37. The molecular formula is C8H13N3S. The maximum Gasteiger partial charge on any atom is 0.0790 e. The van der Waals surface area contributed by atoms with E-state index in [1.54, 1.807) is 11.5 Å². The van der Waals surface area contributed by atoms with Crippen LogP contribution >= 0.6 is 11.5 Å². The molecular weight excluding hydrogens is 170 g/mol. The number of rotatable bonds is 2. The van der Waals surface area contributed by atoms with Crippen molar-refractivity contribution in [3.63, 3.8) is 0 Å². The molecule has 0 aliphatic heterocycles. The van der Waals surface area contributed by atoms with Gasteiger partial charge in [-0.05, 0) is 37.8 Å². The quantitative estimate of drug-likeness (QED) is 0.748. The molecule has 0 bridgehead atoms. The van der Waals surface area contributed by atoms with E-state index >= 15 is 0 Å². The summed E-state index contributed by atoms with van der Waals surface area (Å²) in [5.41, 5.74) is 1.24. The molecule has 0 fully saturated rings. The van der Waals surface area contributed by atoms with Crippen LogP contribution in [0.1, 0.15) is 29.3 Å². The Morgan fingerprint density at radius 2 is 2.58 bits per heavy atom. The monoisotopic (exact) mass is 183 g/mol. The first-order valence-electron chi connectivity index (χ1n) is 4.37. The van der Waals surface area contributed by atoms with Crippen LogP contribution < -0.4 is 5.32 Å². The smallest absolute Gasteiger partial charge is 0.0790 e. The molecule has 2 rings (SSSR count). The highest BCUT2D eigenvalue weighted by Gasteiger charge is 2.22. The molecule has 1 atom stereocenters. The van der Waals surface area contributed by atoms with Gasteiger partial charge < -0.3 is 5.32 Å². The van der Waals surface area contributed by atoms with Crippen molar-refractivity contribution < 1.29 is 0 Å². The van der Waals surface area contributed by atoms with E-state index in [4.69, 9.17) is 0 Å². The van der Waals surface area contributed by atoms with Gasteiger partial charge in [0, 0.05) is 12.5 Å². The highest BCUT2D eigenvalue weighted by molar-refractivity contribution is 7.05. The number of aromatic nitrogens is 2. The van der Waals surface area contributed by atoms with Crippen molar-refractivity contribution in [2.45, 2.75) is 25.2 Å². The molecule has 1 N–H and O–H groups in total. The fourth-order valence-corrected chi connectivity index (χ4v) is 2.61. The molecule has 1 aliphatic carbocycles. The molecule has 12 heavy (non-hydrogen) atoms. The molecule has 1 aromatic heterocycles. The zero-order valence-corrected chi connectivity index (χ0v) is 8.02. The largest absolute Gasteiger partial charge is 0.319 e. The number of likely N-dealkylation sites (N-methyl/N-ethyl adjacent to an activating group) is 1. The molecule has 0 saturated carbocycles. The van der Waals surface area contributed by atoms with Gasteiger partial charge in [0.1, 0.15) is 0 Å². The number of fused-ring (bicyclic) bond motifs is 1. The summed E-state index contributed by atoms with van der Waals surface area (Å²) in [6, 6.07) is 0. The summed E-state index contributed by atoms with van der Waals surface area (Å²) in [6.07, 6.45) is 3.69. The first kappa shape index (κ1) is 8.13. The minimum absolute atomic E-state index is 0.666. The minimum atomic E-state index is 0.666. The van der Waals surface area contributed by atoms with Gasteiger partial charge in [0.05, 0.1) is 10.6 Å². The Bertz CT molecular complexity index is 259. The molecule has 0 radical (unpaired) electrons. The van der Waals surface area contributed by atoms with Crippen LogP contribution in [0.2, 0.25) is 0 Å². The Morgan fingerprint density at radius 3 is 3.42 bits per heavy atom. The van der Waals surface area contributed by atoms with Crippen LogP contribution in [-0.2, 0) is 6.42 Å².